The van der Waals surface area contributed by atoms with Crippen LogP contribution in [0.15, 0.2) is 40.9 Å². The van der Waals surface area contributed by atoms with Crippen LogP contribution in [-0.4, -0.2) is 23.6 Å². The number of amides is 1. The molecule has 1 aromatic carbocycles. The van der Waals surface area contributed by atoms with Gasteiger partial charge in [0.05, 0.1) is 12.2 Å². The van der Waals surface area contributed by atoms with Gasteiger partial charge >= 0.3 is 5.97 Å². The SMILES string of the molecule is CCOC(=O)c1cc(CC)sc1NC(=O)c1c(-c2ccccc2)noc1C. The van der Waals surface area contributed by atoms with Gasteiger partial charge in [-0.2, -0.15) is 0 Å². The van der Waals surface area contributed by atoms with E-state index >= 15 is 0 Å². The quantitative estimate of drug-likeness (QED) is 0.623. The first-order valence-electron chi connectivity index (χ1n) is 8.68. The molecule has 0 aliphatic rings. The Labute approximate surface area is 161 Å². The predicted octanol–water partition coefficient (Wildman–Crippen LogP) is 4.70. The first-order chi connectivity index (χ1) is 13.0. The summed E-state index contributed by atoms with van der Waals surface area (Å²) < 4.78 is 10.4. The van der Waals surface area contributed by atoms with Crippen LogP contribution in [0.5, 0.6) is 0 Å². The van der Waals surface area contributed by atoms with Crippen LogP contribution in [0.25, 0.3) is 11.3 Å². The largest absolute Gasteiger partial charge is 0.462 e. The van der Waals surface area contributed by atoms with E-state index < -0.39 is 5.97 Å². The minimum atomic E-state index is -0.450. The standard InChI is InChI=1S/C20H20N2O4S/c1-4-14-11-15(20(24)25-5-2)19(27-14)21-18(23)16-12(3)26-22-17(16)13-9-7-6-8-10-13/h6-11H,4-5H2,1-3H3,(H,21,23). The smallest absolute Gasteiger partial charge is 0.341 e. The fourth-order valence-corrected chi connectivity index (χ4v) is 3.65. The molecule has 1 amide bonds. The molecule has 0 atom stereocenters. The molecule has 6 nitrogen and oxygen atoms in total. The Morgan fingerprint density at radius 2 is 1.96 bits per heavy atom. The summed E-state index contributed by atoms with van der Waals surface area (Å²) in [5.41, 5.74) is 1.96. The van der Waals surface area contributed by atoms with Gasteiger partial charge in [0.1, 0.15) is 22.0 Å². The van der Waals surface area contributed by atoms with Crippen LogP contribution in [0.1, 0.15) is 45.2 Å². The highest BCUT2D eigenvalue weighted by molar-refractivity contribution is 7.16. The molecule has 0 unspecified atom stereocenters. The van der Waals surface area contributed by atoms with Crippen LogP contribution in [0, 0.1) is 6.92 Å². The third kappa shape index (κ3) is 3.93. The summed E-state index contributed by atoms with van der Waals surface area (Å²) in [5, 5.41) is 7.34. The predicted molar refractivity (Wildman–Crippen MR) is 104 cm³/mol. The van der Waals surface area contributed by atoms with E-state index in [-0.39, 0.29) is 12.5 Å². The molecule has 27 heavy (non-hydrogen) atoms. The fraction of sp³-hybridized carbons (Fsp3) is 0.250. The zero-order valence-electron chi connectivity index (χ0n) is 15.4. The maximum atomic E-state index is 13.0. The van der Waals surface area contributed by atoms with Gasteiger partial charge in [0.25, 0.3) is 5.91 Å². The number of hydrogen-bond donors (Lipinski definition) is 1. The minimum Gasteiger partial charge on any atom is -0.462 e. The molecule has 0 saturated carbocycles. The summed E-state index contributed by atoms with van der Waals surface area (Å²) in [5.74, 6) is -0.409. The van der Waals surface area contributed by atoms with Gasteiger partial charge < -0.3 is 14.6 Å². The first kappa shape index (κ1) is 18.8. The zero-order chi connectivity index (χ0) is 19.4. The molecule has 0 radical (unpaired) electrons. The molecule has 0 aliphatic heterocycles. The van der Waals surface area contributed by atoms with Crippen molar-refractivity contribution in [3.05, 3.63) is 58.2 Å². The van der Waals surface area contributed by atoms with E-state index in [2.05, 4.69) is 10.5 Å². The number of aromatic nitrogens is 1. The maximum absolute atomic E-state index is 13.0. The van der Waals surface area contributed by atoms with Crippen molar-refractivity contribution in [1.29, 1.82) is 0 Å². The van der Waals surface area contributed by atoms with E-state index in [1.165, 1.54) is 11.3 Å². The number of thiophene rings is 1. The molecular formula is C20H20N2O4S. The lowest BCUT2D eigenvalue weighted by molar-refractivity contribution is 0.0528. The van der Waals surface area contributed by atoms with Crippen molar-refractivity contribution in [2.45, 2.75) is 27.2 Å². The lowest BCUT2D eigenvalue weighted by Crippen LogP contribution is -2.15. The van der Waals surface area contributed by atoms with E-state index in [4.69, 9.17) is 9.26 Å². The van der Waals surface area contributed by atoms with Crippen molar-refractivity contribution in [1.82, 2.24) is 5.16 Å². The van der Waals surface area contributed by atoms with Crippen LogP contribution in [0.4, 0.5) is 5.00 Å². The highest BCUT2D eigenvalue weighted by Crippen LogP contribution is 2.31. The normalized spacial score (nSPS) is 10.6. The van der Waals surface area contributed by atoms with E-state index in [0.717, 1.165) is 16.9 Å². The molecule has 1 N–H and O–H groups in total. The number of anilines is 1. The third-order valence-corrected chi connectivity index (χ3v) is 5.19. The fourth-order valence-electron chi connectivity index (χ4n) is 2.67. The lowest BCUT2D eigenvalue weighted by atomic mass is 10.1. The second-order valence-electron chi connectivity index (χ2n) is 5.81. The Balaban J connectivity index is 1.94. The molecule has 140 valence electrons. The maximum Gasteiger partial charge on any atom is 0.341 e. The van der Waals surface area contributed by atoms with Gasteiger partial charge in [0, 0.05) is 10.4 Å². The van der Waals surface area contributed by atoms with E-state index in [1.807, 2.05) is 37.3 Å². The Morgan fingerprint density at radius 3 is 2.63 bits per heavy atom. The second kappa shape index (κ2) is 8.18. The van der Waals surface area contributed by atoms with Crippen LogP contribution in [0.2, 0.25) is 0 Å². The number of esters is 1. The highest BCUT2D eigenvalue weighted by atomic mass is 32.1. The Kier molecular flexibility index (Phi) is 5.71. The number of hydrogen-bond acceptors (Lipinski definition) is 6. The molecule has 2 aromatic heterocycles. The second-order valence-corrected chi connectivity index (χ2v) is 6.95. The van der Waals surface area contributed by atoms with Gasteiger partial charge in [-0.25, -0.2) is 4.79 Å². The van der Waals surface area contributed by atoms with Crippen molar-refractivity contribution in [2.24, 2.45) is 0 Å². The summed E-state index contributed by atoms with van der Waals surface area (Å²) in [6, 6.07) is 11.1. The van der Waals surface area contributed by atoms with Gasteiger partial charge in [-0.05, 0) is 26.3 Å². The minimum absolute atomic E-state index is 0.270. The molecule has 0 saturated heterocycles. The molecule has 2 heterocycles. The van der Waals surface area contributed by atoms with Gasteiger partial charge in [-0.15, -0.1) is 11.3 Å². The molecule has 0 aliphatic carbocycles. The molecule has 7 heteroatoms. The van der Waals surface area contributed by atoms with Crippen LogP contribution in [0.3, 0.4) is 0 Å². The van der Waals surface area contributed by atoms with Crippen LogP contribution >= 0.6 is 11.3 Å². The number of nitrogens with one attached hydrogen (secondary N) is 1. The Hall–Kier alpha value is -2.93. The number of carbonyl (C=O) groups is 2. The summed E-state index contributed by atoms with van der Waals surface area (Å²) >= 11 is 1.36. The first-order valence-corrected chi connectivity index (χ1v) is 9.49. The molecule has 0 bridgehead atoms. The summed E-state index contributed by atoms with van der Waals surface area (Å²) in [7, 11) is 0. The number of benzene rings is 1. The van der Waals surface area contributed by atoms with Crippen molar-refractivity contribution < 1.29 is 18.8 Å². The monoisotopic (exact) mass is 384 g/mol. The topological polar surface area (TPSA) is 81.4 Å². The lowest BCUT2D eigenvalue weighted by Gasteiger charge is -2.06. The molecule has 0 fully saturated rings. The number of carbonyl (C=O) groups excluding carboxylic acids is 2. The van der Waals surface area contributed by atoms with Gasteiger partial charge in [0.15, 0.2) is 0 Å². The van der Waals surface area contributed by atoms with E-state index in [9.17, 15) is 9.59 Å². The Morgan fingerprint density at radius 1 is 1.22 bits per heavy atom. The average molecular weight is 384 g/mol. The summed E-state index contributed by atoms with van der Waals surface area (Å²) in [6.07, 6.45) is 0.758. The van der Waals surface area contributed by atoms with Crippen molar-refractivity contribution >= 4 is 28.2 Å². The molecule has 3 rings (SSSR count). The van der Waals surface area contributed by atoms with Gasteiger partial charge in [0.2, 0.25) is 0 Å². The highest BCUT2D eigenvalue weighted by Gasteiger charge is 2.25. The Bertz CT molecular complexity index is 960. The van der Waals surface area contributed by atoms with Crippen molar-refractivity contribution in [2.75, 3.05) is 11.9 Å². The summed E-state index contributed by atoms with van der Waals surface area (Å²) in [4.78, 5) is 26.2. The van der Waals surface area contributed by atoms with Gasteiger partial charge in [-0.1, -0.05) is 42.4 Å². The molecular weight excluding hydrogens is 364 g/mol. The number of nitrogens with zero attached hydrogens (tertiary/aromatic N) is 1. The van der Waals surface area contributed by atoms with Crippen molar-refractivity contribution in [3.8, 4) is 11.3 Å². The summed E-state index contributed by atoms with van der Waals surface area (Å²) in [6.45, 7) is 5.69. The van der Waals surface area contributed by atoms with Crippen LogP contribution in [-0.2, 0) is 11.2 Å². The van der Waals surface area contributed by atoms with Crippen molar-refractivity contribution in [3.63, 3.8) is 0 Å². The zero-order valence-corrected chi connectivity index (χ0v) is 16.2. The number of rotatable bonds is 6. The average Bonchev–Trinajstić information content (AvgIpc) is 3.26. The molecule has 0 spiro atoms. The van der Waals surface area contributed by atoms with Gasteiger partial charge in [-0.3, -0.25) is 4.79 Å². The van der Waals surface area contributed by atoms with E-state index in [0.29, 0.717) is 27.6 Å². The van der Waals surface area contributed by atoms with Crippen LogP contribution < -0.4 is 5.32 Å². The number of aryl methyl sites for hydroxylation is 2. The van der Waals surface area contributed by atoms with E-state index in [1.54, 1.807) is 19.9 Å². The molecule has 3 aromatic rings. The third-order valence-electron chi connectivity index (χ3n) is 3.99. The number of ether oxygens (including phenoxy) is 1.